The molecule has 0 bridgehead atoms. The van der Waals surface area contributed by atoms with E-state index in [0.29, 0.717) is 35.2 Å². The van der Waals surface area contributed by atoms with Gasteiger partial charge in [0.05, 0.1) is 11.3 Å². The van der Waals surface area contributed by atoms with Crippen LogP contribution in [0.3, 0.4) is 0 Å². The average Bonchev–Trinajstić information content (AvgIpc) is 2.62. The summed E-state index contributed by atoms with van der Waals surface area (Å²) in [5.41, 5.74) is 8.53. The quantitative estimate of drug-likeness (QED) is 0.776. The van der Waals surface area contributed by atoms with Crippen LogP contribution in [0.1, 0.15) is 16.1 Å². The molecule has 1 heterocycles. The van der Waals surface area contributed by atoms with Crippen molar-refractivity contribution in [2.24, 2.45) is 5.73 Å². The third kappa shape index (κ3) is 2.74. The molecule has 4 nitrogen and oxygen atoms in total. The molecular formula is C19H18FN3O. The first kappa shape index (κ1) is 16.1. The maximum atomic E-state index is 14.3. The molecule has 1 aromatic heterocycles. The second-order valence-electron chi connectivity index (χ2n) is 5.43. The summed E-state index contributed by atoms with van der Waals surface area (Å²) >= 11 is 0. The molecule has 24 heavy (non-hydrogen) atoms. The van der Waals surface area contributed by atoms with E-state index < -0.39 is 5.82 Å². The van der Waals surface area contributed by atoms with E-state index in [9.17, 15) is 9.18 Å². The van der Waals surface area contributed by atoms with E-state index in [1.165, 1.54) is 6.07 Å². The van der Waals surface area contributed by atoms with Crippen molar-refractivity contribution in [2.75, 3.05) is 13.6 Å². The average molecular weight is 323 g/mol. The SMILES string of the molecule is CNC(=O)c1c(-c2ccccc2)c(CCN)nc2c(F)cccc12. The number of hydrogen-bond acceptors (Lipinski definition) is 3. The number of nitrogens with two attached hydrogens (primary N) is 1. The predicted molar refractivity (Wildman–Crippen MR) is 93.3 cm³/mol. The van der Waals surface area contributed by atoms with E-state index in [-0.39, 0.29) is 11.4 Å². The number of aromatic nitrogens is 1. The molecule has 1 amide bonds. The number of benzene rings is 2. The van der Waals surface area contributed by atoms with Crippen LogP contribution in [0.5, 0.6) is 0 Å². The molecule has 2 aromatic carbocycles. The minimum absolute atomic E-state index is 0.194. The molecule has 122 valence electrons. The Hall–Kier alpha value is -2.79. The molecule has 3 aromatic rings. The van der Waals surface area contributed by atoms with E-state index in [4.69, 9.17) is 5.73 Å². The summed E-state index contributed by atoms with van der Waals surface area (Å²) in [6.07, 6.45) is 0.457. The first-order valence-electron chi connectivity index (χ1n) is 7.76. The van der Waals surface area contributed by atoms with E-state index in [0.717, 1.165) is 5.56 Å². The normalized spacial score (nSPS) is 10.8. The van der Waals surface area contributed by atoms with Crippen molar-refractivity contribution in [2.45, 2.75) is 6.42 Å². The minimum Gasteiger partial charge on any atom is -0.355 e. The number of rotatable bonds is 4. The summed E-state index contributed by atoms with van der Waals surface area (Å²) in [7, 11) is 1.56. The minimum atomic E-state index is -0.449. The number of pyridine rings is 1. The highest BCUT2D eigenvalue weighted by Crippen LogP contribution is 2.33. The predicted octanol–water partition coefficient (Wildman–Crippen LogP) is 2.90. The Kier molecular flexibility index (Phi) is 4.53. The molecule has 0 atom stereocenters. The third-order valence-corrected chi connectivity index (χ3v) is 3.94. The van der Waals surface area contributed by atoms with Gasteiger partial charge >= 0.3 is 0 Å². The summed E-state index contributed by atoms with van der Waals surface area (Å²) in [6.45, 7) is 0.361. The maximum Gasteiger partial charge on any atom is 0.252 e. The molecule has 0 saturated heterocycles. The molecule has 0 radical (unpaired) electrons. The van der Waals surface area contributed by atoms with Crippen LogP contribution in [0, 0.1) is 5.82 Å². The Labute approximate surface area is 139 Å². The highest BCUT2D eigenvalue weighted by atomic mass is 19.1. The molecular weight excluding hydrogens is 305 g/mol. The summed E-state index contributed by atoms with van der Waals surface area (Å²) in [5, 5.41) is 3.15. The number of nitrogens with one attached hydrogen (secondary N) is 1. The number of amides is 1. The third-order valence-electron chi connectivity index (χ3n) is 3.94. The van der Waals surface area contributed by atoms with Crippen LogP contribution < -0.4 is 11.1 Å². The molecule has 5 heteroatoms. The van der Waals surface area contributed by atoms with Crippen LogP contribution in [0.15, 0.2) is 48.5 Å². The Balaban J connectivity index is 2.46. The highest BCUT2D eigenvalue weighted by Gasteiger charge is 2.22. The summed E-state index contributed by atoms with van der Waals surface area (Å²) in [4.78, 5) is 17.1. The van der Waals surface area contributed by atoms with Crippen molar-refractivity contribution < 1.29 is 9.18 Å². The maximum absolute atomic E-state index is 14.3. The fraction of sp³-hybridized carbons (Fsp3) is 0.158. The van der Waals surface area contributed by atoms with Gasteiger partial charge in [0, 0.05) is 24.4 Å². The first-order valence-corrected chi connectivity index (χ1v) is 7.76. The Bertz CT molecular complexity index is 894. The van der Waals surface area contributed by atoms with Crippen molar-refractivity contribution in [3.63, 3.8) is 0 Å². The zero-order valence-corrected chi connectivity index (χ0v) is 13.3. The van der Waals surface area contributed by atoms with Gasteiger partial charge in [0.2, 0.25) is 0 Å². The van der Waals surface area contributed by atoms with Gasteiger partial charge in [-0.25, -0.2) is 9.37 Å². The number of halogens is 1. The zero-order valence-electron chi connectivity index (χ0n) is 13.3. The molecule has 0 fully saturated rings. The van der Waals surface area contributed by atoms with Crippen LogP contribution in [0.4, 0.5) is 4.39 Å². The lowest BCUT2D eigenvalue weighted by atomic mass is 9.92. The highest BCUT2D eigenvalue weighted by molar-refractivity contribution is 6.12. The Morgan fingerprint density at radius 1 is 1.17 bits per heavy atom. The van der Waals surface area contributed by atoms with Gasteiger partial charge in [0.1, 0.15) is 11.3 Å². The van der Waals surface area contributed by atoms with Gasteiger partial charge in [0.25, 0.3) is 5.91 Å². The van der Waals surface area contributed by atoms with E-state index in [1.807, 2.05) is 30.3 Å². The number of carbonyl (C=O) groups is 1. The van der Waals surface area contributed by atoms with Crippen molar-refractivity contribution in [1.29, 1.82) is 0 Å². The zero-order chi connectivity index (χ0) is 17.1. The van der Waals surface area contributed by atoms with Gasteiger partial charge in [0.15, 0.2) is 0 Å². The fourth-order valence-electron chi connectivity index (χ4n) is 2.89. The van der Waals surface area contributed by atoms with Crippen molar-refractivity contribution >= 4 is 16.8 Å². The second kappa shape index (κ2) is 6.76. The number of fused-ring (bicyclic) bond motifs is 1. The smallest absolute Gasteiger partial charge is 0.252 e. The lowest BCUT2D eigenvalue weighted by Crippen LogP contribution is -2.21. The monoisotopic (exact) mass is 323 g/mol. The van der Waals surface area contributed by atoms with Crippen LogP contribution in [-0.4, -0.2) is 24.5 Å². The lowest BCUT2D eigenvalue weighted by molar-refractivity contribution is 0.0965. The van der Waals surface area contributed by atoms with Crippen LogP contribution in [0.2, 0.25) is 0 Å². The van der Waals surface area contributed by atoms with Crippen LogP contribution in [0.25, 0.3) is 22.0 Å². The summed E-state index contributed by atoms with van der Waals surface area (Å²) in [5.74, 6) is -0.722. The molecule has 0 aliphatic carbocycles. The van der Waals surface area contributed by atoms with Crippen molar-refractivity contribution in [3.8, 4) is 11.1 Å². The second-order valence-corrected chi connectivity index (χ2v) is 5.43. The molecule has 0 saturated carbocycles. The van der Waals surface area contributed by atoms with Gasteiger partial charge in [-0.1, -0.05) is 42.5 Å². The van der Waals surface area contributed by atoms with Gasteiger partial charge < -0.3 is 11.1 Å². The first-order chi connectivity index (χ1) is 11.7. The van der Waals surface area contributed by atoms with Crippen molar-refractivity contribution in [1.82, 2.24) is 10.3 Å². The van der Waals surface area contributed by atoms with Gasteiger partial charge in [-0.15, -0.1) is 0 Å². The number of carbonyl (C=O) groups excluding carboxylic acids is 1. The van der Waals surface area contributed by atoms with Crippen LogP contribution >= 0.6 is 0 Å². The van der Waals surface area contributed by atoms with E-state index in [1.54, 1.807) is 19.2 Å². The van der Waals surface area contributed by atoms with Gasteiger partial charge in [-0.2, -0.15) is 0 Å². The fourth-order valence-corrected chi connectivity index (χ4v) is 2.89. The molecule has 0 aliphatic heterocycles. The molecule has 0 spiro atoms. The summed E-state index contributed by atoms with van der Waals surface area (Å²) in [6, 6.07) is 14.2. The Morgan fingerprint density at radius 3 is 2.58 bits per heavy atom. The van der Waals surface area contributed by atoms with Crippen LogP contribution in [-0.2, 0) is 6.42 Å². The standard InChI is InChI=1S/C19H18FN3O/c1-22-19(24)17-13-8-5-9-14(20)18(13)23-15(10-11-21)16(17)12-6-3-2-4-7-12/h2-9H,10-11,21H2,1H3,(H,22,24). The van der Waals surface area contributed by atoms with Crippen molar-refractivity contribution in [3.05, 3.63) is 65.6 Å². The largest absolute Gasteiger partial charge is 0.355 e. The molecule has 3 N–H and O–H groups in total. The number of nitrogens with zero attached hydrogens (tertiary/aromatic N) is 1. The topological polar surface area (TPSA) is 68.0 Å². The Morgan fingerprint density at radius 2 is 1.92 bits per heavy atom. The van der Waals surface area contributed by atoms with E-state index >= 15 is 0 Å². The molecule has 3 rings (SSSR count). The molecule has 0 aliphatic rings. The number of hydrogen-bond donors (Lipinski definition) is 2. The van der Waals surface area contributed by atoms with E-state index in [2.05, 4.69) is 10.3 Å². The lowest BCUT2D eigenvalue weighted by Gasteiger charge is -2.16. The summed E-state index contributed by atoms with van der Waals surface area (Å²) < 4.78 is 14.3. The van der Waals surface area contributed by atoms with Gasteiger partial charge in [-0.05, 0) is 18.2 Å². The molecule has 0 unspecified atom stereocenters. The van der Waals surface area contributed by atoms with Gasteiger partial charge in [-0.3, -0.25) is 4.79 Å². The number of para-hydroxylation sites is 1.